The van der Waals surface area contributed by atoms with Crippen LogP contribution in [0.1, 0.15) is 245 Å². The van der Waals surface area contributed by atoms with E-state index in [1.54, 1.807) is 0 Å². The van der Waals surface area contributed by atoms with Gasteiger partial charge in [0.15, 0.2) is 6.10 Å². The summed E-state index contributed by atoms with van der Waals surface area (Å²) in [5, 5.41) is 9.68. The van der Waals surface area contributed by atoms with Gasteiger partial charge < -0.3 is 28.5 Å². The molecule has 0 aliphatic rings. The van der Waals surface area contributed by atoms with Crippen LogP contribution in [0.15, 0.2) is 60.8 Å². The fourth-order valence-corrected chi connectivity index (χ4v) is 7.93. The SMILES string of the molecule is CC/C=C\C/C=C\C/C=C\C/C=C\C/C=C\CCCC(=O)OC(COC(=O)CCCCCCCCCCCCCCCCCCCCCCCCCCCCC)COC(OCC[N+](C)(C)C)C(=O)O. The summed E-state index contributed by atoms with van der Waals surface area (Å²) < 4.78 is 22.8. The maximum atomic E-state index is 12.8. The number of ether oxygens (including phenoxy) is 4. The Morgan fingerprint density at radius 1 is 0.449 bits per heavy atom. The van der Waals surface area contributed by atoms with Gasteiger partial charge in [0.05, 0.1) is 34.4 Å². The molecule has 0 amide bonds. The third-order valence-corrected chi connectivity index (χ3v) is 12.3. The van der Waals surface area contributed by atoms with Crippen LogP contribution in [0.2, 0.25) is 0 Å². The number of carboxylic acid groups (broad SMARTS) is 1. The van der Waals surface area contributed by atoms with Crippen molar-refractivity contribution in [2.45, 2.75) is 257 Å². The second-order valence-corrected chi connectivity index (χ2v) is 20.2. The molecule has 9 heteroatoms. The van der Waals surface area contributed by atoms with E-state index in [0.29, 0.717) is 23.9 Å². The van der Waals surface area contributed by atoms with Crippen LogP contribution in [-0.4, -0.2) is 87.4 Å². The summed E-state index contributed by atoms with van der Waals surface area (Å²) in [6, 6.07) is 0. The molecule has 0 bridgehead atoms. The van der Waals surface area contributed by atoms with Crippen molar-refractivity contribution in [3.8, 4) is 0 Å². The zero-order valence-electron chi connectivity index (χ0n) is 45.5. The number of carboxylic acids is 1. The molecule has 0 aromatic carbocycles. The van der Waals surface area contributed by atoms with Gasteiger partial charge in [0.1, 0.15) is 13.2 Å². The maximum Gasteiger partial charge on any atom is 0.361 e. The molecule has 0 spiro atoms. The number of carbonyl (C=O) groups is 3. The number of rotatable bonds is 52. The number of nitrogens with zero attached hydrogens (tertiary/aromatic N) is 1. The maximum absolute atomic E-state index is 12.8. The molecular formula is C60H108NO8+. The summed E-state index contributed by atoms with van der Waals surface area (Å²) in [5.74, 6) is -2.08. The second kappa shape index (κ2) is 51.3. The van der Waals surface area contributed by atoms with Crippen molar-refractivity contribution in [2.75, 3.05) is 47.5 Å². The molecule has 9 nitrogen and oxygen atoms in total. The van der Waals surface area contributed by atoms with E-state index in [1.807, 2.05) is 21.1 Å². The predicted molar refractivity (Wildman–Crippen MR) is 290 cm³/mol. The highest BCUT2D eigenvalue weighted by Gasteiger charge is 2.25. The third kappa shape index (κ3) is 52.6. The summed E-state index contributed by atoms with van der Waals surface area (Å²) in [6.07, 6.45) is 61.8. The van der Waals surface area contributed by atoms with Crippen LogP contribution in [0.5, 0.6) is 0 Å². The van der Waals surface area contributed by atoms with E-state index in [1.165, 1.54) is 154 Å². The minimum absolute atomic E-state index is 0.176. The van der Waals surface area contributed by atoms with E-state index in [4.69, 9.17) is 18.9 Å². The van der Waals surface area contributed by atoms with Crippen molar-refractivity contribution in [3.05, 3.63) is 60.8 Å². The number of hydrogen-bond donors (Lipinski definition) is 1. The van der Waals surface area contributed by atoms with E-state index >= 15 is 0 Å². The van der Waals surface area contributed by atoms with Gasteiger partial charge in [-0.05, 0) is 51.4 Å². The molecule has 0 aromatic heterocycles. The molecule has 69 heavy (non-hydrogen) atoms. The Hall–Kier alpha value is -3.01. The molecule has 0 fully saturated rings. The lowest BCUT2D eigenvalue weighted by Gasteiger charge is -2.25. The zero-order chi connectivity index (χ0) is 50.6. The highest BCUT2D eigenvalue weighted by molar-refractivity contribution is 5.71. The van der Waals surface area contributed by atoms with Crippen molar-refractivity contribution >= 4 is 17.9 Å². The lowest BCUT2D eigenvalue weighted by molar-refractivity contribution is -0.870. The standard InChI is InChI=1S/C60H107NO8/c1-6-8-10-12-14-16-18-20-22-24-25-26-27-28-29-30-31-32-33-35-36-38-40-42-44-46-48-50-57(62)67-54-56(55-68-60(59(64)65)66-53-52-61(3,4)5)69-58(63)51-49-47-45-43-41-39-37-34-23-21-19-17-15-13-11-9-7-2/h9,11,15,17,21,23,37,39,43,45,56,60H,6-8,10,12-14,16,18-20,22,24-36,38,40-42,44,46-55H2,1-5H3/p+1/b11-9-,17-15-,23-21-,39-37-,45-43-. The number of quaternary nitrogens is 1. The first-order valence-corrected chi connectivity index (χ1v) is 28.5. The Labute approximate surface area is 425 Å². The zero-order valence-corrected chi connectivity index (χ0v) is 45.5. The van der Waals surface area contributed by atoms with Crippen LogP contribution in [0.25, 0.3) is 0 Å². The van der Waals surface area contributed by atoms with Crippen molar-refractivity contribution < 1.29 is 42.9 Å². The molecule has 0 heterocycles. The van der Waals surface area contributed by atoms with Gasteiger partial charge in [0.2, 0.25) is 0 Å². The fraction of sp³-hybridized carbons (Fsp3) is 0.783. The Morgan fingerprint density at radius 2 is 0.826 bits per heavy atom. The Balaban J connectivity index is 4.23. The molecule has 2 unspecified atom stereocenters. The van der Waals surface area contributed by atoms with E-state index in [2.05, 4.69) is 74.6 Å². The van der Waals surface area contributed by atoms with Gasteiger partial charge in [-0.2, -0.15) is 0 Å². The lowest BCUT2D eigenvalue weighted by atomic mass is 10.0. The molecule has 0 aromatic rings. The molecule has 1 N–H and O–H groups in total. The monoisotopic (exact) mass is 971 g/mol. The number of aliphatic carboxylic acids is 1. The first kappa shape index (κ1) is 66.0. The summed E-state index contributed by atoms with van der Waals surface area (Å²) in [4.78, 5) is 37.3. The van der Waals surface area contributed by atoms with Crippen LogP contribution in [-0.2, 0) is 33.3 Å². The molecule has 0 saturated carbocycles. The van der Waals surface area contributed by atoms with E-state index in [0.717, 1.165) is 57.8 Å². The molecule has 0 aliphatic carbocycles. The number of hydrogen-bond acceptors (Lipinski definition) is 7. The summed E-state index contributed by atoms with van der Waals surface area (Å²) >= 11 is 0. The van der Waals surface area contributed by atoms with Gasteiger partial charge in [0.25, 0.3) is 6.29 Å². The van der Waals surface area contributed by atoms with Crippen molar-refractivity contribution in [3.63, 3.8) is 0 Å². The number of unbranched alkanes of at least 4 members (excludes halogenated alkanes) is 27. The highest BCUT2D eigenvalue weighted by Crippen LogP contribution is 2.17. The quantitative estimate of drug-likeness (QED) is 0.0211. The Morgan fingerprint density at radius 3 is 1.22 bits per heavy atom. The number of carbonyl (C=O) groups excluding carboxylic acids is 2. The largest absolute Gasteiger partial charge is 0.477 e. The fourth-order valence-electron chi connectivity index (χ4n) is 7.93. The molecule has 0 rings (SSSR count). The first-order chi connectivity index (χ1) is 33.6. The molecule has 0 radical (unpaired) electrons. The van der Waals surface area contributed by atoms with Crippen LogP contribution in [0.4, 0.5) is 0 Å². The van der Waals surface area contributed by atoms with Crippen LogP contribution < -0.4 is 0 Å². The second-order valence-electron chi connectivity index (χ2n) is 20.2. The minimum Gasteiger partial charge on any atom is -0.477 e. The highest BCUT2D eigenvalue weighted by atomic mass is 16.7. The first-order valence-electron chi connectivity index (χ1n) is 28.5. The lowest BCUT2D eigenvalue weighted by Crippen LogP contribution is -2.40. The molecule has 2 atom stereocenters. The summed E-state index contributed by atoms with van der Waals surface area (Å²) in [7, 11) is 5.95. The number of allylic oxidation sites excluding steroid dienone is 10. The number of likely N-dealkylation sites (N-methyl/N-ethyl adjacent to an activating group) is 1. The van der Waals surface area contributed by atoms with Crippen LogP contribution in [0.3, 0.4) is 0 Å². The third-order valence-electron chi connectivity index (χ3n) is 12.3. The van der Waals surface area contributed by atoms with Crippen molar-refractivity contribution in [1.29, 1.82) is 0 Å². The summed E-state index contributed by atoms with van der Waals surface area (Å²) in [5.41, 5.74) is 0. The van der Waals surface area contributed by atoms with Gasteiger partial charge in [0, 0.05) is 12.8 Å². The average molecular weight is 972 g/mol. The average Bonchev–Trinajstić information content (AvgIpc) is 3.31. The van der Waals surface area contributed by atoms with Crippen molar-refractivity contribution in [2.24, 2.45) is 0 Å². The molecule has 0 saturated heterocycles. The molecule has 0 aliphatic heterocycles. The van der Waals surface area contributed by atoms with Crippen molar-refractivity contribution in [1.82, 2.24) is 0 Å². The van der Waals surface area contributed by atoms with Gasteiger partial charge in [-0.15, -0.1) is 0 Å². The smallest absolute Gasteiger partial charge is 0.361 e. The van der Waals surface area contributed by atoms with E-state index in [-0.39, 0.29) is 32.2 Å². The number of esters is 2. The minimum atomic E-state index is -1.53. The van der Waals surface area contributed by atoms with Gasteiger partial charge in [-0.25, -0.2) is 4.79 Å². The predicted octanol–water partition coefficient (Wildman–Crippen LogP) is 16.5. The van der Waals surface area contributed by atoms with Crippen LogP contribution >= 0.6 is 0 Å². The van der Waals surface area contributed by atoms with Gasteiger partial charge in [-0.3, -0.25) is 9.59 Å². The summed E-state index contributed by atoms with van der Waals surface area (Å²) in [6.45, 7) is 4.72. The van der Waals surface area contributed by atoms with Gasteiger partial charge in [-0.1, -0.05) is 242 Å². The van der Waals surface area contributed by atoms with Gasteiger partial charge >= 0.3 is 17.9 Å². The van der Waals surface area contributed by atoms with E-state index in [9.17, 15) is 19.5 Å². The topological polar surface area (TPSA) is 108 Å². The van der Waals surface area contributed by atoms with Crippen LogP contribution in [0, 0.1) is 0 Å². The Bertz CT molecular complexity index is 1310. The molecule has 400 valence electrons. The Kier molecular flexibility index (Phi) is 49.1. The normalized spacial score (nSPS) is 13.2. The van der Waals surface area contributed by atoms with E-state index < -0.39 is 24.3 Å². The molecular weight excluding hydrogens is 863 g/mol.